The molecule has 0 aromatic rings. The molecule has 1 amide bonds. The summed E-state index contributed by atoms with van der Waals surface area (Å²) in [5.74, 6) is 3.03. The number of amides is 1. The van der Waals surface area contributed by atoms with Crippen molar-refractivity contribution in [1.82, 2.24) is 10.6 Å². The van der Waals surface area contributed by atoms with Crippen LogP contribution in [0.5, 0.6) is 0 Å². The van der Waals surface area contributed by atoms with Crippen molar-refractivity contribution in [1.29, 1.82) is 0 Å². The second-order valence-electron chi connectivity index (χ2n) is 4.80. The van der Waals surface area contributed by atoms with Gasteiger partial charge in [0.15, 0.2) is 0 Å². The van der Waals surface area contributed by atoms with Crippen molar-refractivity contribution in [3.8, 4) is 12.3 Å². The Kier molecular flexibility index (Phi) is 7.65. The van der Waals surface area contributed by atoms with Crippen molar-refractivity contribution in [2.45, 2.75) is 65.6 Å². The lowest BCUT2D eigenvalue weighted by atomic mass is 10.0. The Bertz CT molecular complexity index is 264. The fourth-order valence-corrected chi connectivity index (χ4v) is 1.60. The normalized spacial score (nSPS) is 14.5. The quantitative estimate of drug-likeness (QED) is 0.665. The van der Waals surface area contributed by atoms with Gasteiger partial charge in [0.25, 0.3) is 0 Å². The molecule has 0 saturated carbocycles. The van der Waals surface area contributed by atoms with Gasteiger partial charge < -0.3 is 5.32 Å². The third kappa shape index (κ3) is 5.74. The van der Waals surface area contributed by atoms with E-state index in [4.69, 9.17) is 6.42 Å². The standard InChI is InChI=1S/C14H26N2O/c1-7-12(8-2)16-14(17)11(6)15-13(9-3)10(4)5/h3,10-13,15H,7-8H2,1-2,4-6H3,(H,16,17). The van der Waals surface area contributed by atoms with Crippen LogP contribution in [-0.4, -0.2) is 24.0 Å². The summed E-state index contributed by atoms with van der Waals surface area (Å²) in [4.78, 5) is 11.9. The molecule has 0 fully saturated rings. The number of hydrogen-bond acceptors (Lipinski definition) is 2. The summed E-state index contributed by atoms with van der Waals surface area (Å²) in [6.45, 7) is 10.1. The maximum absolute atomic E-state index is 11.9. The zero-order chi connectivity index (χ0) is 13.4. The second kappa shape index (κ2) is 8.14. The maximum Gasteiger partial charge on any atom is 0.237 e. The Labute approximate surface area is 106 Å². The summed E-state index contributed by atoms with van der Waals surface area (Å²) in [7, 11) is 0. The molecule has 0 heterocycles. The van der Waals surface area contributed by atoms with Crippen molar-refractivity contribution < 1.29 is 4.79 Å². The first-order chi connectivity index (χ1) is 7.96. The lowest BCUT2D eigenvalue weighted by molar-refractivity contribution is -0.123. The molecule has 0 rings (SSSR count). The molecule has 3 nitrogen and oxygen atoms in total. The van der Waals surface area contributed by atoms with E-state index in [9.17, 15) is 4.79 Å². The van der Waals surface area contributed by atoms with Crippen LogP contribution in [0.1, 0.15) is 47.5 Å². The van der Waals surface area contributed by atoms with Gasteiger partial charge in [0.2, 0.25) is 5.91 Å². The second-order valence-corrected chi connectivity index (χ2v) is 4.80. The maximum atomic E-state index is 11.9. The fourth-order valence-electron chi connectivity index (χ4n) is 1.60. The summed E-state index contributed by atoms with van der Waals surface area (Å²) in [6, 6.07) is -0.0495. The highest BCUT2D eigenvalue weighted by atomic mass is 16.2. The first kappa shape index (κ1) is 16.0. The van der Waals surface area contributed by atoms with E-state index in [1.165, 1.54) is 0 Å². The van der Waals surface area contributed by atoms with Crippen molar-refractivity contribution in [3.63, 3.8) is 0 Å². The zero-order valence-electron chi connectivity index (χ0n) is 11.7. The molecular formula is C14H26N2O. The minimum absolute atomic E-state index is 0.0274. The Balaban J connectivity index is 4.27. The summed E-state index contributed by atoms with van der Waals surface area (Å²) in [5, 5.41) is 6.19. The van der Waals surface area contributed by atoms with E-state index >= 15 is 0 Å². The van der Waals surface area contributed by atoms with Gasteiger partial charge >= 0.3 is 0 Å². The molecule has 3 heteroatoms. The van der Waals surface area contributed by atoms with Gasteiger partial charge in [0.1, 0.15) is 0 Å². The number of carbonyl (C=O) groups excluding carboxylic acids is 1. The van der Waals surface area contributed by atoms with Crippen molar-refractivity contribution >= 4 is 5.91 Å². The zero-order valence-corrected chi connectivity index (χ0v) is 11.7. The van der Waals surface area contributed by atoms with Crippen LogP contribution in [-0.2, 0) is 4.79 Å². The average molecular weight is 238 g/mol. The molecule has 0 aromatic carbocycles. The Morgan fingerprint density at radius 3 is 2.12 bits per heavy atom. The molecule has 2 atom stereocenters. The van der Waals surface area contributed by atoms with Crippen LogP contribution in [0.4, 0.5) is 0 Å². The van der Waals surface area contributed by atoms with Crippen LogP contribution >= 0.6 is 0 Å². The average Bonchev–Trinajstić information content (AvgIpc) is 2.31. The van der Waals surface area contributed by atoms with E-state index in [0.717, 1.165) is 12.8 Å². The molecular weight excluding hydrogens is 212 g/mol. The van der Waals surface area contributed by atoms with Crippen molar-refractivity contribution in [2.24, 2.45) is 5.92 Å². The fraction of sp³-hybridized carbons (Fsp3) is 0.786. The summed E-state index contributed by atoms with van der Waals surface area (Å²) in [6.07, 6.45) is 7.34. The lowest BCUT2D eigenvalue weighted by Gasteiger charge is -2.23. The van der Waals surface area contributed by atoms with Gasteiger partial charge in [-0.3, -0.25) is 10.1 Å². The first-order valence-electron chi connectivity index (χ1n) is 6.48. The molecule has 0 radical (unpaired) electrons. The molecule has 0 saturated heterocycles. The molecule has 98 valence electrons. The Morgan fingerprint density at radius 2 is 1.76 bits per heavy atom. The van der Waals surface area contributed by atoms with Gasteiger partial charge in [-0.2, -0.15) is 0 Å². The predicted octanol–water partition coefficient (Wildman–Crippen LogP) is 1.93. The van der Waals surface area contributed by atoms with Crippen LogP contribution in [0.3, 0.4) is 0 Å². The largest absolute Gasteiger partial charge is 0.352 e. The number of carbonyl (C=O) groups is 1. The highest BCUT2D eigenvalue weighted by Crippen LogP contribution is 2.02. The lowest BCUT2D eigenvalue weighted by Crippen LogP contribution is -2.50. The number of rotatable bonds is 7. The highest BCUT2D eigenvalue weighted by molar-refractivity contribution is 5.81. The van der Waals surface area contributed by atoms with Gasteiger partial charge in [-0.1, -0.05) is 33.6 Å². The van der Waals surface area contributed by atoms with Crippen LogP contribution < -0.4 is 10.6 Å². The smallest absolute Gasteiger partial charge is 0.237 e. The molecule has 2 unspecified atom stereocenters. The molecule has 0 aliphatic rings. The van der Waals surface area contributed by atoms with Crippen LogP contribution in [0.25, 0.3) is 0 Å². The molecule has 0 aliphatic carbocycles. The molecule has 0 aliphatic heterocycles. The molecule has 2 N–H and O–H groups in total. The minimum atomic E-state index is -0.251. The van der Waals surface area contributed by atoms with Gasteiger partial charge in [-0.25, -0.2) is 0 Å². The first-order valence-corrected chi connectivity index (χ1v) is 6.48. The van der Waals surface area contributed by atoms with Crippen LogP contribution in [0, 0.1) is 18.3 Å². The molecule has 0 aromatic heterocycles. The Morgan fingerprint density at radius 1 is 1.24 bits per heavy atom. The summed E-state index contributed by atoms with van der Waals surface area (Å²) in [5.41, 5.74) is 0. The van der Waals surface area contributed by atoms with E-state index in [-0.39, 0.29) is 24.0 Å². The van der Waals surface area contributed by atoms with Gasteiger partial charge in [-0.05, 0) is 25.7 Å². The highest BCUT2D eigenvalue weighted by Gasteiger charge is 2.19. The molecule has 0 bridgehead atoms. The third-order valence-electron chi connectivity index (χ3n) is 3.00. The summed E-state index contributed by atoms with van der Waals surface area (Å²) >= 11 is 0. The van der Waals surface area contributed by atoms with Gasteiger partial charge in [-0.15, -0.1) is 6.42 Å². The van der Waals surface area contributed by atoms with Gasteiger partial charge in [0.05, 0.1) is 12.1 Å². The topological polar surface area (TPSA) is 41.1 Å². The number of nitrogens with one attached hydrogen (secondary N) is 2. The number of hydrogen-bond donors (Lipinski definition) is 2. The Hall–Kier alpha value is -1.01. The van der Waals surface area contributed by atoms with Gasteiger partial charge in [0, 0.05) is 6.04 Å². The van der Waals surface area contributed by atoms with E-state index < -0.39 is 0 Å². The van der Waals surface area contributed by atoms with E-state index in [0.29, 0.717) is 5.92 Å². The molecule has 17 heavy (non-hydrogen) atoms. The summed E-state index contributed by atoms with van der Waals surface area (Å²) < 4.78 is 0. The van der Waals surface area contributed by atoms with Crippen LogP contribution in [0.2, 0.25) is 0 Å². The third-order valence-corrected chi connectivity index (χ3v) is 3.00. The SMILES string of the molecule is C#CC(NC(C)C(=O)NC(CC)CC)C(C)C. The van der Waals surface area contributed by atoms with E-state index in [1.54, 1.807) is 0 Å². The van der Waals surface area contributed by atoms with Crippen molar-refractivity contribution in [2.75, 3.05) is 0 Å². The number of terminal acetylenes is 1. The predicted molar refractivity (Wildman–Crippen MR) is 72.6 cm³/mol. The molecule has 0 spiro atoms. The van der Waals surface area contributed by atoms with Crippen LogP contribution in [0.15, 0.2) is 0 Å². The monoisotopic (exact) mass is 238 g/mol. The minimum Gasteiger partial charge on any atom is -0.352 e. The van der Waals surface area contributed by atoms with E-state index in [1.807, 2.05) is 20.8 Å². The van der Waals surface area contributed by atoms with Crippen molar-refractivity contribution in [3.05, 3.63) is 0 Å². The van der Waals surface area contributed by atoms with E-state index in [2.05, 4.69) is 30.4 Å².